The summed E-state index contributed by atoms with van der Waals surface area (Å²) in [5, 5.41) is 5.40. The van der Waals surface area contributed by atoms with Crippen molar-refractivity contribution < 1.29 is 9.53 Å². The third-order valence-corrected chi connectivity index (χ3v) is 3.88. The largest absolute Gasteiger partial charge is 0.469 e. The molecule has 0 N–H and O–H groups in total. The standard InChI is InChI=1S/C14H14Cl2N2O2/c1-8-11(7-14(19)20-3)9(2)18(17-8)10-4-5-12(15)13(16)6-10/h4-6H,7H2,1-3H3. The van der Waals surface area contributed by atoms with Gasteiger partial charge in [-0.1, -0.05) is 23.2 Å². The zero-order chi connectivity index (χ0) is 14.9. The van der Waals surface area contributed by atoms with Crippen molar-refractivity contribution in [3.63, 3.8) is 0 Å². The summed E-state index contributed by atoms with van der Waals surface area (Å²) in [5.41, 5.74) is 3.34. The average Bonchev–Trinajstić information content (AvgIpc) is 2.69. The monoisotopic (exact) mass is 312 g/mol. The van der Waals surface area contributed by atoms with Crippen LogP contribution in [0.5, 0.6) is 0 Å². The van der Waals surface area contributed by atoms with E-state index in [1.165, 1.54) is 7.11 Å². The van der Waals surface area contributed by atoms with Crippen LogP contribution in [0.25, 0.3) is 5.69 Å². The Balaban J connectivity index is 2.45. The van der Waals surface area contributed by atoms with Gasteiger partial charge in [0, 0.05) is 11.3 Å². The van der Waals surface area contributed by atoms with E-state index < -0.39 is 0 Å². The Hall–Kier alpha value is -1.52. The van der Waals surface area contributed by atoms with Crippen molar-refractivity contribution >= 4 is 29.2 Å². The Morgan fingerprint density at radius 1 is 1.30 bits per heavy atom. The molecule has 0 fully saturated rings. The van der Waals surface area contributed by atoms with Gasteiger partial charge in [0.1, 0.15) is 0 Å². The van der Waals surface area contributed by atoms with Crippen molar-refractivity contribution in [2.75, 3.05) is 7.11 Å². The Labute approximate surface area is 127 Å². The fourth-order valence-corrected chi connectivity index (χ4v) is 2.31. The third-order valence-electron chi connectivity index (χ3n) is 3.14. The molecule has 0 amide bonds. The SMILES string of the molecule is COC(=O)Cc1c(C)nn(-c2ccc(Cl)c(Cl)c2)c1C. The fraction of sp³-hybridized carbons (Fsp3) is 0.286. The minimum absolute atomic E-state index is 0.204. The summed E-state index contributed by atoms with van der Waals surface area (Å²) in [6.45, 7) is 3.76. The van der Waals surface area contributed by atoms with Crippen LogP contribution in [0.15, 0.2) is 18.2 Å². The quantitative estimate of drug-likeness (QED) is 0.815. The lowest BCUT2D eigenvalue weighted by molar-refractivity contribution is -0.139. The molecule has 0 aliphatic carbocycles. The van der Waals surface area contributed by atoms with Gasteiger partial charge in [-0.25, -0.2) is 4.68 Å². The van der Waals surface area contributed by atoms with Crippen LogP contribution in [0, 0.1) is 13.8 Å². The number of esters is 1. The number of halogens is 2. The average molecular weight is 313 g/mol. The van der Waals surface area contributed by atoms with Crippen LogP contribution in [-0.2, 0) is 16.0 Å². The van der Waals surface area contributed by atoms with E-state index in [1.807, 2.05) is 19.9 Å². The summed E-state index contributed by atoms with van der Waals surface area (Å²) < 4.78 is 6.45. The first-order valence-electron chi connectivity index (χ1n) is 6.01. The molecule has 0 aliphatic heterocycles. The van der Waals surface area contributed by atoms with Crippen LogP contribution < -0.4 is 0 Å². The molecule has 0 saturated carbocycles. The van der Waals surface area contributed by atoms with E-state index in [2.05, 4.69) is 5.10 Å². The minimum atomic E-state index is -0.287. The molecule has 1 aromatic carbocycles. The van der Waals surface area contributed by atoms with Crippen molar-refractivity contribution in [3.05, 3.63) is 45.2 Å². The first-order valence-corrected chi connectivity index (χ1v) is 6.77. The van der Waals surface area contributed by atoms with Crippen LogP contribution in [0.3, 0.4) is 0 Å². The molecule has 20 heavy (non-hydrogen) atoms. The van der Waals surface area contributed by atoms with Crippen LogP contribution in [-0.4, -0.2) is 22.9 Å². The van der Waals surface area contributed by atoms with Crippen LogP contribution in [0.1, 0.15) is 17.0 Å². The number of hydrogen-bond donors (Lipinski definition) is 0. The molecule has 0 aliphatic rings. The van der Waals surface area contributed by atoms with Crippen LogP contribution >= 0.6 is 23.2 Å². The number of carbonyl (C=O) groups is 1. The number of ether oxygens (including phenoxy) is 1. The molecule has 0 spiro atoms. The molecule has 106 valence electrons. The Morgan fingerprint density at radius 2 is 2.00 bits per heavy atom. The Kier molecular flexibility index (Phi) is 4.35. The fourth-order valence-electron chi connectivity index (χ4n) is 2.02. The highest BCUT2D eigenvalue weighted by molar-refractivity contribution is 6.42. The van der Waals surface area contributed by atoms with Crippen molar-refractivity contribution in [1.29, 1.82) is 0 Å². The van der Waals surface area contributed by atoms with Gasteiger partial charge in [0.25, 0.3) is 0 Å². The van der Waals surface area contributed by atoms with E-state index in [0.717, 1.165) is 22.6 Å². The van der Waals surface area contributed by atoms with Gasteiger partial charge in [0.05, 0.1) is 35.0 Å². The second-order valence-corrected chi connectivity index (χ2v) is 5.23. The third kappa shape index (κ3) is 2.81. The molecule has 0 saturated heterocycles. The van der Waals surface area contributed by atoms with Crippen LogP contribution in [0.4, 0.5) is 0 Å². The molecule has 0 radical (unpaired) electrons. The highest BCUT2D eigenvalue weighted by Gasteiger charge is 2.16. The van der Waals surface area contributed by atoms with Crippen molar-refractivity contribution in [2.45, 2.75) is 20.3 Å². The molecule has 0 atom stereocenters. The molecular formula is C14H14Cl2N2O2. The maximum Gasteiger partial charge on any atom is 0.310 e. The van der Waals surface area contributed by atoms with Crippen molar-refractivity contribution in [2.24, 2.45) is 0 Å². The number of nitrogens with zero attached hydrogens (tertiary/aromatic N) is 2. The first kappa shape index (κ1) is 14.9. The number of aromatic nitrogens is 2. The Morgan fingerprint density at radius 3 is 2.60 bits per heavy atom. The smallest absolute Gasteiger partial charge is 0.310 e. The van der Waals surface area contributed by atoms with Gasteiger partial charge in [-0.05, 0) is 32.0 Å². The van der Waals surface area contributed by atoms with E-state index in [9.17, 15) is 4.79 Å². The number of carbonyl (C=O) groups excluding carboxylic acids is 1. The molecule has 2 aromatic rings. The number of benzene rings is 1. The van der Waals surface area contributed by atoms with Crippen molar-refractivity contribution in [3.8, 4) is 5.69 Å². The molecule has 6 heteroatoms. The predicted molar refractivity (Wildman–Crippen MR) is 78.8 cm³/mol. The molecule has 1 aromatic heterocycles. The summed E-state index contributed by atoms with van der Waals surface area (Å²) in [4.78, 5) is 11.4. The second-order valence-electron chi connectivity index (χ2n) is 4.41. The molecule has 0 bridgehead atoms. The molecular weight excluding hydrogens is 299 g/mol. The van der Waals surface area contributed by atoms with Gasteiger partial charge < -0.3 is 4.74 Å². The summed E-state index contributed by atoms with van der Waals surface area (Å²) in [5.74, 6) is -0.287. The molecule has 4 nitrogen and oxygen atoms in total. The second kappa shape index (κ2) is 5.85. The van der Waals surface area contributed by atoms with E-state index in [0.29, 0.717) is 10.0 Å². The predicted octanol–water partition coefficient (Wildman–Crippen LogP) is 3.51. The number of methoxy groups -OCH3 is 1. The van der Waals surface area contributed by atoms with Gasteiger partial charge >= 0.3 is 5.97 Å². The van der Waals surface area contributed by atoms with E-state index >= 15 is 0 Å². The minimum Gasteiger partial charge on any atom is -0.469 e. The summed E-state index contributed by atoms with van der Waals surface area (Å²) in [7, 11) is 1.37. The zero-order valence-electron chi connectivity index (χ0n) is 11.4. The summed E-state index contributed by atoms with van der Waals surface area (Å²) in [6.07, 6.45) is 0.204. The maximum absolute atomic E-state index is 11.4. The van der Waals surface area contributed by atoms with E-state index in [-0.39, 0.29) is 12.4 Å². The number of rotatable bonds is 3. The van der Waals surface area contributed by atoms with Crippen molar-refractivity contribution in [1.82, 2.24) is 9.78 Å². The lowest BCUT2D eigenvalue weighted by Crippen LogP contribution is -2.06. The van der Waals surface area contributed by atoms with Gasteiger partial charge in [-0.15, -0.1) is 0 Å². The molecule has 2 rings (SSSR count). The van der Waals surface area contributed by atoms with E-state index in [1.54, 1.807) is 16.8 Å². The normalized spacial score (nSPS) is 10.7. The van der Waals surface area contributed by atoms with Gasteiger partial charge in [0.2, 0.25) is 0 Å². The topological polar surface area (TPSA) is 44.1 Å². The Bertz CT molecular complexity index is 665. The number of aryl methyl sites for hydroxylation is 1. The number of hydrogen-bond acceptors (Lipinski definition) is 3. The first-order chi connectivity index (χ1) is 9.43. The maximum atomic E-state index is 11.4. The van der Waals surface area contributed by atoms with Crippen LogP contribution in [0.2, 0.25) is 10.0 Å². The zero-order valence-corrected chi connectivity index (χ0v) is 12.9. The van der Waals surface area contributed by atoms with Gasteiger partial charge in [-0.3, -0.25) is 4.79 Å². The van der Waals surface area contributed by atoms with Gasteiger partial charge in [0.15, 0.2) is 0 Å². The highest BCUT2D eigenvalue weighted by atomic mass is 35.5. The molecule has 1 heterocycles. The van der Waals surface area contributed by atoms with Gasteiger partial charge in [-0.2, -0.15) is 5.10 Å². The summed E-state index contributed by atoms with van der Waals surface area (Å²) >= 11 is 11.9. The molecule has 0 unspecified atom stereocenters. The lowest BCUT2D eigenvalue weighted by Gasteiger charge is -2.06. The summed E-state index contributed by atoms with van der Waals surface area (Å²) in [6, 6.07) is 5.29. The van der Waals surface area contributed by atoms with E-state index in [4.69, 9.17) is 27.9 Å². The lowest BCUT2D eigenvalue weighted by atomic mass is 10.1. The highest BCUT2D eigenvalue weighted by Crippen LogP contribution is 2.26.